The van der Waals surface area contributed by atoms with Crippen molar-refractivity contribution in [2.45, 2.75) is 6.92 Å². The molecule has 0 saturated heterocycles. The summed E-state index contributed by atoms with van der Waals surface area (Å²) >= 11 is 0. The summed E-state index contributed by atoms with van der Waals surface area (Å²) in [6.07, 6.45) is 0. The van der Waals surface area contributed by atoms with Crippen LogP contribution in [0.25, 0.3) is 0 Å². The maximum absolute atomic E-state index is 11.3. The number of urea groups is 1. The molecule has 0 fully saturated rings. The van der Waals surface area contributed by atoms with E-state index in [0.29, 0.717) is 6.54 Å². The number of amides is 3. The fourth-order valence-electron chi connectivity index (χ4n) is 0.958. The van der Waals surface area contributed by atoms with E-state index in [9.17, 15) is 14.4 Å². The molecule has 0 aliphatic heterocycles. The second-order valence-electron chi connectivity index (χ2n) is 3.01. The van der Waals surface area contributed by atoms with Crippen molar-refractivity contribution in [1.29, 1.82) is 0 Å². The van der Waals surface area contributed by atoms with Crippen LogP contribution in [-0.2, 0) is 14.3 Å². The summed E-state index contributed by atoms with van der Waals surface area (Å²) in [5.74, 6) is -0.889. The molecular formula is C9H17N3O4. The number of nitrogens with one attached hydrogen (secondary N) is 2. The number of esters is 1. The Morgan fingerprint density at radius 1 is 1.25 bits per heavy atom. The summed E-state index contributed by atoms with van der Waals surface area (Å²) in [6.45, 7) is 2.31. The summed E-state index contributed by atoms with van der Waals surface area (Å²) in [6, 6.07) is -0.570. The van der Waals surface area contributed by atoms with Gasteiger partial charge in [-0.1, -0.05) is 6.92 Å². The van der Waals surface area contributed by atoms with E-state index in [-0.39, 0.29) is 13.1 Å². The second kappa shape index (κ2) is 7.63. The molecule has 7 heteroatoms. The van der Waals surface area contributed by atoms with Crippen LogP contribution in [0.2, 0.25) is 0 Å². The van der Waals surface area contributed by atoms with Gasteiger partial charge in [0.15, 0.2) is 0 Å². The lowest BCUT2D eigenvalue weighted by Crippen LogP contribution is -2.44. The van der Waals surface area contributed by atoms with Crippen LogP contribution in [0.4, 0.5) is 4.79 Å². The van der Waals surface area contributed by atoms with E-state index < -0.39 is 17.9 Å². The fraction of sp³-hybridized carbons (Fsp3) is 0.667. The molecule has 0 saturated carbocycles. The maximum Gasteiger partial charge on any atom is 0.321 e. The molecule has 0 aromatic carbocycles. The van der Waals surface area contributed by atoms with Gasteiger partial charge in [0.05, 0.1) is 20.2 Å². The summed E-state index contributed by atoms with van der Waals surface area (Å²) < 4.78 is 4.47. The number of hydrogen-bond acceptors (Lipinski definition) is 5. The minimum absolute atomic E-state index is 0.0220. The van der Waals surface area contributed by atoms with Gasteiger partial charge >= 0.3 is 12.0 Å². The number of rotatable bonds is 5. The number of hydrogen-bond donors (Lipinski definition) is 2. The minimum atomic E-state index is -0.570. The first-order valence-corrected chi connectivity index (χ1v) is 4.84. The van der Waals surface area contributed by atoms with Crippen molar-refractivity contribution in [3.8, 4) is 0 Å². The SMILES string of the molecule is CCN(CC(=O)NC(=O)NC)CC(=O)OC. The topological polar surface area (TPSA) is 87.7 Å². The van der Waals surface area contributed by atoms with Crippen molar-refractivity contribution < 1.29 is 19.1 Å². The van der Waals surface area contributed by atoms with E-state index in [1.807, 2.05) is 0 Å². The zero-order valence-corrected chi connectivity index (χ0v) is 9.70. The van der Waals surface area contributed by atoms with Gasteiger partial charge in [0.2, 0.25) is 5.91 Å². The molecule has 0 aliphatic carbocycles. The molecular weight excluding hydrogens is 214 g/mol. The number of carbonyl (C=O) groups is 3. The Balaban J connectivity index is 4.06. The molecule has 0 atom stereocenters. The smallest absolute Gasteiger partial charge is 0.321 e. The van der Waals surface area contributed by atoms with Crippen LogP contribution in [0.1, 0.15) is 6.92 Å². The standard InChI is InChI=1S/C9H17N3O4/c1-4-12(6-8(14)16-3)5-7(13)11-9(15)10-2/h4-6H2,1-3H3,(H2,10,11,13,15). The summed E-state index contributed by atoms with van der Waals surface area (Å²) in [4.78, 5) is 34.6. The van der Waals surface area contributed by atoms with E-state index in [1.54, 1.807) is 11.8 Å². The van der Waals surface area contributed by atoms with E-state index in [2.05, 4.69) is 15.4 Å². The third-order valence-corrected chi connectivity index (χ3v) is 1.87. The minimum Gasteiger partial charge on any atom is -0.468 e. The maximum atomic E-state index is 11.3. The number of ether oxygens (including phenoxy) is 1. The van der Waals surface area contributed by atoms with E-state index in [1.165, 1.54) is 14.2 Å². The zero-order valence-electron chi connectivity index (χ0n) is 9.70. The van der Waals surface area contributed by atoms with Gasteiger partial charge in [-0.3, -0.25) is 19.8 Å². The van der Waals surface area contributed by atoms with Gasteiger partial charge in [-0.05, 0) is 6.54 Å². The summed E-state index contributed by atoms with van der Waals surface area (Å²) in [5.41, 5.74) is 0. The van der Waals surface area contributed by atoms with Gasteiger partial charge in [0.25, 0.3) is 0 Å². The van der Waals surface area contributed by atoms with Gasteiger partial charge < -0.3 is 10.1 Å². The lowest BCUT2D eigenvalue weighted by molar-refractivity contribution is -0.142. The summed E-state index contributed by atoms with van der Waals surface area (Å²) in [5, 5.41) is 4.36. The molecule has 0 bridgehead atoms. The highest BCUT2D eigenvalue weighted by Crippen LogP contribution is 1.89. The molecule has 0 spiro atoms. The van der Waals surface area contributed by atoms with Crippen LogP contribution in [0, 0.1) is 0 Å². The average molecular weight is 231 g/mol. The van der Waals surface area contributed by atoms with E-state index in [0.717, 1.165) is 0 Å². The first-order valence-electron chi connectivity index (χ1n) is 4.84. The molecule has 16 heavy (non-hydrogen) atoms. The fourth-order valence-corrected chi connectivity index (χ4v) is 0.958. The normalized spacial score (nSPS) is 9.75. The first kappa shape index (κ1) is 14.4. The molecule has 0 unspecified atom stereocenters. The largest absolute Gasteiger partial charge is 0.468 e. The molecule has 0 rings (SSSR count). The molecule has 0 aromatic heterocycles. The van der Waals surface area contributed by atoms with Gasteiger partial charge in [-0.25, -0.2) is 4.79 Å². The lowest BCUT2D eigenvalue weighted by Gasteiger charge is -2.17. The molecule has 3 amide bonds. The van der Waals surface area contributed by atoms with Crippen LogP contribution in [0.15, 0.2) is 0 Å². The summed E-state index contributed by atoms with van der Waals surface area (Å²) in [7, 11) is 2.69. The van der Waals surface area contributed by atoms with Gasteiger partial charge in [0, 0.05) is 7.05 Å². The first-order chi connectivity index (χ1) is 7.53. The van der Waals surface area contributed by atoms with Crippen LogP contribution in [-0.4, -0.2) is 56.6 Å². The number of nitrogens with zero attached hydrogens (tertiary/aromatic N) is 1. The number of likely N-dealkylation sites (N-methyl/N-ethyl adjacent to an activating group) is 1. The molecule has 92 valence electrons. The second-order valence-corrected chi connectivity index (χ2v) is 3.01. The monoisotopic (exact) mass is 231 g/mol. The van der Waals surface area contributed by atoms with Gasteiger partial charge in [0.1, 0.15) is 0 Å². The van der Waals surface area contributed by atoms with Crippen molar-refractivity contribution in [3.05, 3.63) is 0 Å². The lowest BCUT2D eigenvalue weighted by atomic mass is 10.4. The third-order valence-electron chi connectivity index (χ3n) is 1.87. The Labute approximate surface area is 94.1 Å². The Kier molecular flexibility index (Phi) is 6.86. The van der Waals surface area contributed by atoms with Gasteiger partial charge in [-0.15, -0.1) is 0 Å². The van der Waals surface area contributed by atoms with Crippen LogP contribution >= 0.6 is 0 Å². The van der Waals surface area contributed by atoms with Crippen molar-refractivity contribution in [3.63, 3.8) is 0 Å². The highest BCUT2D eigenvalue weighted by Gasteiger charge is 2.14. The molecule has 2 N–H and O–H groups in total. The Bertz CT molecular complexity index is 267. The van der Waals surface area contributed by atoms with Crippen molar-refractivity contribution in [2.24, 2.45) is 0 Å². The number of carbonyl (C=O) groups excluding carboxylic acids is 3. The van der Waals surface area contributed by atoms with Crippen LogP contribution in [0.3, 0.4) is 0 Å². The van der Waals surface area contributed by atoms with Crippen LogP contribution < -0.4 is 10.6 Å². The molecule has 0 aromatic rings. The molecule has 0 heterocycles. The quantitative estimate of drug-likeness (QED) is 0.589. The highest BCUT2D eigenvalue weighted by atomic mass is 16.5. The van der Waals surface area contributed by atoms with Crippen molar-refractivity contribution >= 4 is 17.9 Å². The molecule has 0 aliphatic rings. The highest BCUT2D eigenvalue weighted by molar-refractivity contribution is 5.95. The van der Waals surface area contributed by atoms with Crippen LogP contribution in [0.5, 0.6) is 0 Å². The molecule has 0 radical (unpaired) electrons. The predicted molar refractivity (Wildman–Crippen MR) is 56.7 cm³/mol. The van der Waals surface area contributed by atoms with Crippen molar-refractivity contribution in [1.82, 2.24) is 15.5 Å². The average Bonchev–Trinajstić information content (AvgIpc) is 2.27. The Morgan fingerprint density at radius 3 is 2.31 bits per heavy atom. The number of methoxy groups -OCH3 is 1. The molecule has 7 nitrogen and oxygen atoms in total. The zero-order chi connectivity index (χ0) is 12.6. The van der Waals surface area contributed by atoms with E-state index in [4.69, 9.17) is 0 Å². The third kappa shape index (κ3) is 5.97. The Morgan fingerprint density at radius 2 is 1.88 bits per heavy atom. The van der Waals surface area contributed by atoms with Crippen molar-refractivity contribution in [2.75, 3.05) is 33.8 Å². The predicted octanol–water partition coefficient (Wildman–Crippen LogP) is -1.06. The number of imide groups is 1. The van der Waals surface area contributed by atoms with E-state index >= 15 is 0 Å². The van der Waals surface area contributed by atoms with Gasteiger partial charge in [-0.2, -0.15) is 0 Å². The Hall–Kier alpha value is -1.63.